The maximum atomic E-state index is 5.84. The van der Waals surface area contributed by atoms with E-state index in [0.29, 0.717) is 0 Å². The number of benzene rings is 2. The van der Waals surface area contributed by atoms with Crippen molar-refractivity contribution in [3.05, 3.63) is 118 Å². The zero-order valence-electron chi connectivity index (χ0n) is 35.3. The van der Waals surface area contributed by atoms with Crippen LogP contribution in [0, 0.1) is 6.92 Å². The first-order valence-electron chi connectivity index (χ1n) is 21.6. The molecule has 0 aliphatic carbocycles. The minimum atomic E-state index is 0.966. The Morgan fingerprint density at radius 3 is 1.73 bits per heavy atom. The lowest BCUT2D eigenvalue weighted by Gasteiger charge is -2.15. The van der Waals surface area contributed by atoms with Crippen molar-refractivity contribution >= 4 is 44.4 Å². The SMILES string of the molecule is CCCCC1=C(C)c2nc1c(-c1ccccc1)c1c(CCCC)c(CCCC)c(cc3ccc([nH]3)c(-c3ccccc3)c3nc(c2C)C(C)=C3C)n1CCCC. The van der Waals surface area contributed by atoms with Gasteiger partial charge in [0.25, 0.3) is 0 Å². The Labute approximate surface area is 335 Å². The third-order valence-electron chi connectivity index (χ3n) is 12.2. The number of hydrogen-bond donors (Lipinski definition) is 1. The second-order valence-corrected chi connectivity index (χ2v) is 16.1. The van der Waals surface area contributed by atoms with Gasteiger partial charge in [-0.25, -0.2) is 9.97 Å². The van der Waals surface area contributed by atoms with Gasteiger partial charge in [-0.15, -0.1) is 0 Å². The average molecular weight is 743 g/mol. The minimum absolute atomic E-state index is 0.966. The summed E-state index contributed by atoms with van der Waals surface area (Å²) in [5.41, 5.74) is 23.4. The molecule has 5 heterocycles. The van der Waals surface area contributed by atoms with Crippen LogP contribution in [0.5, 0.6) is 0 Å². The van der Waals surface area contributed by atoms with Crippen LogP contribution in [0.1, 0.15) is 146 Å². The number of H-pyrrole nitrogens is 1. The molecule has 5 aromatic rings. The molecule has 2 aromatic carbocycles. The molecule has 0 spiro atoms. The molecule has 0 amide bonds. The molecule has 4 nitrogen and oxygen atoms in total. The fourth-order valence-electron chi connectivity index (χ4n) is 8.97. The maximum Gasteiger partial charge on any atom is 0.0772 e. The third-order valence-corrected chi connectivity index (χ3v) is 12.2. The van der Waals surface area contributed by atoms with Gasteiger partial charge in [0.2, 0.25) is 0 Å². The second kappa shape index (κ2) is 17.5. The minimum Gasteiger partial charge on any atom is -0.355 e. The molecule has 0 atom stereocenters. The van der Waals surface area contributed by atoms with Crippen LogP contribution in [0.15, 0.2) is 78.9 Å². The van der Waals surface area contributed by atoms with Gasteiger partial charge in [0.05, 0.1) is 28.3 Å². The van der Waals surface area contributed by atoms with E-state index < -0.39 is 0 Å². The summed E-state index contributed by atoms with van der Waals surface area (Å²) in [6.45, 7) is 19.3. The molecule has 2 aliphatic rings. The van der Waals surface area contributed by atoms with Gasteiger partial charge in [0.15, 0.2) is 0 Å². The number of unbranched alkanes of at least 4 members (excludes halogenated alkanes) is 4. The van der Waals surface area contributed by atoms with Gasteiger partial charge in [-0.2, -0.15) is 0 Å². The number of nitrogens with one attached hydrogen (secondary N) is 1. The molecule has 56 heavy (non-hydrogen) atoms. The predicted molar refractivity (Wildman–Crippen MR) is 243 cm³/mol. The molecule has 0 radical (unpaired) electrons. The highest BCUT2D eigenvalue weighted by Gasteiger charge is 2.28. The Morgan fingerprint density at radius 2 is 1.09 bits per heavy atom. The lowest BCUT2D eigenvalue weighted by molar-refractivity contribution is 0.662. The van der Waals surface area contributed by atoms with Gasteiger partial charge in [0, 0.05) is 39.8 Å². The van der Waals surface area contributed by atoms with Crippen molar-refractivity contribution in [2.75, 3.05) is 0 Å². The van der Waals surface area contributed by atoms with Gasteiger partial charge >= 0.3 is 0 Å². The van der Waals surface area contributed by atoms with Crippen LogP contribution in [0.3, 0.4) is 0 Å². The Morgan fingerprint density at radius 1 is 0.536 bits per heavy atom. The van der Waals surface area contributed by atoms with E-state index >= 15 is 0 Å². The summed E-state index contributed by atoms with van der Waals surface area (Å²) in [6, 6.07) is 29.0. The van der Waals surface area contributed by atoms with E-state index in [-0.39, 0.29) is 0 Å². The highest BCUT2D eigenvalue weighted by molar-refractivity contribution is 6.03. The van der Waals surface area contributed by atoms with E-state index in [1.54, 1.807) is 0 Å². The molecule has 290 valence electrons. The monoisotopic (exact) mass is 742 g/mol. The summed E-state index contributed by atoms with van der Waals surface area (Å²) < 4.78 is 2.72. The number of aryl methyl sites for hydroxylation is 3. The predicted octanol–water partition coefficient (Wildman–Crippen LogP) is 15.0. The van der Waals surface area contributed by atoms with Crippen molar-refractivity contribution in [1.82, 2.24) is 19.5 Å². The lowest BCUT2D eigenvalue weighted by Crippen LogP contribution is -2.01. The molecular weight excluding hydrogens is 681 g/mol. The summed E-state index contributed by atoms with van der Waals surface area (Å²) in [4.78, 5) is 15.3. The summed E-state index contributed by atoms with van der Waals surface area (Å²) in [5.74, 6) is 0. The van der Waals surface area contributed by atoms with Crippen molar-refractivity contribution in [3.63, 3.8) is 0 Å². The number of fused-ring (bicyclic) bond motifs is 8. The Hall–Kier alpha value is -4.96. The van der Waals surface area contributed by atoms with Gasteiger partial charge in [-0.1, -0.05) is 114 Å². The fraction of sp³-hybridized carbons (Fsp3) is 0.385. The van der Waals surface area contributed by atoms with Crippen molar-refractivity contribution in [2.24, 2.45) is 0 Å². The Kier molecular flexibility index (Phi) is 12.2. The van der Waals surface area contributed by atoms with E-state index in [0.717, 1.165) is 122 Å². The second-order valence-electron chi connectivity index (χ2n) is 16.1. The lowest BCUT2D eigenvalue weighted by atomic mass is 9.91. The van der Waals surface area contributed by atoms with Gasteiger partial charge < -0.3 is 9.55 Å². The summed E-state index contributed by atoms with van der Waals surface area (Å²) in [6.07, 6.45) is 12.3. The molecule has 1 N–H and O–H groups in total. The van der Waals surface area contributed by atoms with Crippen LogP contribution < -0.4 is 0 Å². The maximum absolute atomic E-state index is 5.84. The van der Waals surface area contributed by atoms with Crippen molar-refractivity contribution in [3.8, 4) is 22.3 Å². The number of allylic oxidation sites excluding steroid dienone is 4. The summed E-state index contributed by atoms with van der Waals surface area (Å²) in [7, 11) is 0. The molecule has 8 bridgehead atoms. The molecule has 0 saturated heterocycles. The van der Waals surface area contributed by atoms with E-state index in [1.165, 1.54) is 61.1 Å². The highest BCUT2D eigenvalue weighted by atomic mass is 15.0. The Bertz CT molecular complexity index is 2440. The van der Waals surface area contributed by atoms with Crippen LogP contribution in [-0.2, 0) is 19.4 Å². The first-order valence-corrected chi connectivity index (χ1v) is 21.6. The summed E-state index contributed by atoms with van der Waals surface area (Å²) in [5, 5.41) is 0. The van der Waals surface area contributed by atoms with Crippen molar-refractivity contribution < 1.29 is 0 Å². The molecular formula is C52H62N4. The number of hydrogen-bond acceptors (Lipinski definition) is 2. The standard InChI is InChI=1S/C52H62N4/c1-9-13-27-41-36(7)49-37(8)48-34(5)35(6)50(54-48)46(38-23-19-17-20-24-38)44-31-30-40(53-44)33-45-42(28-14-10-2)43(29-15-11-3)52(56(45)32-16-12-4)47(51(41)55-49)39-25-21-18-22-26-39/h17-26,30-31,33,53H,9-16,27-29,32H2,1-8H3. The summed E-state index contributed by atoms with van der Waals surface area (Å²) >= 11 is 0. The van der Waals surface area contributed by atoms with Crippen LogP contribution in [0.25, 0.3) is 66.6 Å². The smallest absolute Gasteiger partial charge is 0.0772 e. The van der Waals surface area contributed by atoms with Crippen LogP contribution in [0.4, 0.5) is 0 Å². The van der Waals surface area contributed by atoms with Crippen molar-refractivity contribution in [2.45, 2.75) is 133 Å². The first kappa shape index (κ1) is 39.3. The van der Waals surface area contributed by atoms with E-state index in [1.807, 2.05) is 0 Å². The van der Waals surface area contributed by atoms with Crippen molar-refractivity contribution in [1.29, 1.82) is 0 Å². The molecule has 0 saturated carbocycles. The number of nitrogens with zero attached hydrogens (tertiary/aromatic N) is 3. The molecule has 3 aromatic heterocycles. The van der Waals surface area contributed by atoms with Gasteiger partial charge in [-0.3, -0.25) is 0 Å². The number of aromatic nitrogens is 4. The van der Waals surface area contributed by atoms with Gasteiger partial charge in [0.1, 0.15) is 0 Å². The molecule has 7 rings (SSSR count). The fourth-order valence-corrected chi connectivity index (χ4v) is 8.97. The number of rotatable bonds is 14. The zero-order chi connectivity index (χ0) is 39.3. The normalized spacial score (nSPS) is 13.0. The van der Waals surface area contributed by atoms with E-state index in [4.69, 9.17) is 9.97 Å². The molecule has 0 fully saturated rings. The molecule has 4 heteroatoms. The van der Waals surface area contributed by atoms with Crippen LogP contribution in [-0.4, -0.2) is 19.5 Å². The van der Waals surface area contributed by atoms with Crippen LogP contribution in [0.2, 0.25) is 0 Å². The largest absolute Gasteiger partial charge is 0.355 e. The van der Waals surface area contributed by atoms with Gasteiger partial charge in [-0.05, 0) is 135 Å². The van der Waals surface area contributed by atoms with E-state index in [9.17, 15) is 0 Å². The Balaban J connectivity index is 1.80. The number of aromatic amines is 1. The zero-order valence-corrected chi connectivity index (χ0v) is 35.3. The molecule has 2 aliphatic heterocycles. The van der Waals surface area contributed by atoms with E-state index in [2.05, 4.69) is 144 Å². The van der Waals surface area contributed by atoms with Crippen LogP contribution >= 0.6 is 0 Å². The topological polar surface area (TPSA) is 46.5 Å². The first-order chi connectivity index (χ1) is 27.3. The quantitative estimate of drug-likeness (QED) is 0.123. The molecule has 0 unspecified atom stereocenters. The third kappa shape index (κ3) is 7.36. The highest BCUT2D eigenvalue weighted by Crippen LogP contribution is 2.45. The average Bonchev–Trinajstić information content (AvgIpc) is 3.96.